The number of hydrogen-bond donors (Lipinski definition) is 1. The van der Waals surface area contributed by atoms with E-state index in [1.807, 2.05) is 67.6 Å². The number of ether oxygens (including phenoxy) is 1. The summed E-state index contributed by atoms with van der Waals surface area (Å²) in [7, 11) is 0. The van der Waals surface area contributed by atoms with E-state index in [0.29, 0.717) is 5.75 Å². The number of amides is 1. The second-order valence-electron chi connectivity index (χ2n) is 5.32. The minimum Gasteiger partial charge on any atom is -0.481 e. The molecule has 1 unspecified atom stereocenters. The van der Waals surface area contributed by atoms with Gasteiger partial charge in [0.15, 0.2) is 6.61 Å². The molecule has 0 saturated carbocycles. The van der Waals surface area contributed by atoms with E-state index < -0.39 is 0 Å². The fraction of sp³-hybridized carbons (Fsp3) is 0.158. The Morgan fingerprint density at radius 1 is 1.09 bits per heavy atom. The van der Waals surface area contributed by atoms with Crippen LogP contribution in [0.25, 0.3) is 10.9 Å². The van der Waals surface area contributed by atoms with Gasteiger partial charge in [-0.1, -0.05) is 48.5 Å². The number of carbonyl (C=O) groups excluding carboxylic acids is 1. The quantitative estimate of drug-likeness (QED) is 0.785. The molecular formula is C19H18N2O2. The van der Waals surface area contributed by atoms with Crippen LogP contribution in [0.4, 0.5) is 0 Å². The molecule has 1 amide bonds. The molecule has 3 aromatic rings. The lowest BCUT2D eigenvalue weighted by Crippen LogP contribution is -2.31. The maximum Gasteiger partial charge on any atom is 0.258 e. The first-order chi connectivity index (χ1) is 11.2. The fourth-order valence-corrected chi connectivity index (χ4v) is 2.44. The zero-order valence-electron chi connectivity index (χ0n) is 12.9. The Morgan fingerprint density at radius 2 is 1.87 bits per heavy atom. The number of hydrogen-bond acceptors (Lipinski definition) is 3. The minimum absolute atomic E-state index is 0.0349. The van der Waals surface area contributed by atoms with Crippen LogP contribution in [0.3, 0.4) is 0 Å². The summed E-state index contributed by atoms with van der Waals surface area (Å²) >= 11 is 0. The molecule has 0 aliphatic carbocycles. The average molecular weight is 306 g/mol. The van der Waals surface area contributed by atoms with Gasteiger partial charge in [-0.25, -0.2) is 0 Å². The van der Waals surface area contributed by atoms with Crippen LogP contribution in [-0.4, -0.2) is 17.5 Å². The molecule has 0 spiro atoms. The second-order valence-corrected chi connectivity index (χ2v) is 5.32. The number of aromatic nitrogens is 1. The highest BCUT2D eigenvalue weighted by Gasteiger charge is 2.10. The molecule has 4 nitrogen and oxygen atoms in total. The summed E-state index contributed by atoms with van der Waals surface area (Å²) in [5.74, 6) is 0.458. The van der Waals surface area contributed by atoms with Gasteiger partial charge in [0, 0.05) is 11.6 Å². The molecule has 2 aromatic carbocycles. The number of fused-ring (bicyclic) bond motifs is 1. The number of nitrogens with one attached hydrogen (secondary N) is 1. The molecule has 0 bridgehead atoms. The van der Waals surface area contributed by atoms with Crippen LogP contribution >= 0.6 is 0 Å². The van der Waals surface area contributed by atoms with Crippen molar-refractivity contribution in [2.75, 3.05) is 6.61 Å². The number of para-hydroxylation sites is 1. The fourth-order valence-electron chi connectivity index (χ4n) is 2.44. The summed E-state index contributed by atoms with van der Waals surface area (Å²) in [5.41, 5.74) is 1.83. The smallest absolute Gasteiger partial charge is 0.258 e. The van der Waals surface area contributed by atoms with Crippen molar-refractivity contribution in [3.8, 4) is 5.75 Å². The highest BCUT2D eigenvalue weighted by atomic mass is 16.5. The molecule has 1 atom stereocenters. The Labute approximate surface area is 135 Å². The predicted octanol–water partition coefficient (Wildman–Crippen LogP) is 3.49. The lowest BCUT2D eigenvalue weighted by Gasteiger charge is -2.15. The van der Waals surface area contributed by atoms with Crippen LogP contribution in [0.5, 0.6) is 5.75 Å². The van der Waals surface area contributed by atoms with E-state index in [0.717, 1.165) is 16.5 Å². The molecular weight excluding hydrogens is 288 g/mol. The molecule has 0 aliphatic rings. The van der Waals surface area contributed by atoms with Gasteiger partial charge in [0.1, 0.15) is 11.3 Å². The summed E-state index contributed by atoms with van der Waals surface area (Å²) in [6, 6.07) is 19.3. The molecule has 1 N–H and O–H groups in total. The van der Waals surface area contributed by atoms with E-state index in [2.05, 4.69) is 10.3 Å². The second kappa shape index (κ2) is 6.92. The molecule has 4 heteroatoms. The topological polar surface area (TPSA) is 51.2 Å². The predicted molar refractivity (Wildman–Crippen MR) is 90.2 cm³/mol. The minimum atomic E-state index is -0.158. The van der Waals surface area contributed by atoms with Crippen molar-refractivity contribution < 1.29 is 9.53 Å². The summed E-state index contributed by atoms with van der Waals surface area (Å²) in [6.07, 6.45) is 1.72. The van der Waals surface area contributed by atoms with Gasteiger partial charge in [-0.2, -0.15) is 0 Å². The molecule has 0 aliphatic heterocycles. The maximum absolute atomic E-state index is 12.1. The van der Waals surface area contributed by atoms with E-state index in [-0.39, 0.29) is 18.6 Å². The Kier molecular flexibility index (Phi) is 4.52. The summed E-state index contributed by atoms with van der Waals surface area (Å²) < 4.78 is 5.64. The SMILES string of the molecule is CC(NC(=O)COc1cccc2cccnc12)c1ccccc1. The first-order valence-corrected chi connectivity index (χ1v) is 7.55. The Hall–Kier alpha value is -2.88. The van der Waals surface area contributed by atoms with Gasteiger partial charge in [0.25, 0.3) is 5.91 Å². The van der Waals surface area contributed by atoms with E-state index >= 15 is 0 Å². The number of carbonyl (C=O) groups is 1. The first kappa shape index (κ1) is 15.0. The number of rotatable bonds is 5. The number of nitrogens with zero attached hydrogens (tertiary/aromatic N) is 1. The van der Waals surface area contributed by atoms with Crippen molar-refractivity contribution in [1.29, 1.82) is 0 Å². The van der Waals surface area contributed by atoms with E-state index in [9.17, 15) is 4.79 Å². The lowest BCUT2D eigenvalue weighted by molar-refractivity contribution is -0.123. The molecule has 23 heavy (non-hydrogen) atoms. The van der Waals surface area contributed by atoms with Gasteiger partial charge < -0.3 is 10.1 Å². The standard InChI is InChI=1S/C19H18N2O2/c1-14(15-7-3-2-4-8-15)21-18(22)13-23-17-11-5-9-16-10-6-12-20-19(16)17/h2-12,14H,13H2,1H3,(H,21,22). The largest absolute Gasteiger partial charge is 0.481 e. The van der Waals surface area contributed by atoms with Crippen LogP contribution in [0.2, 0.25) is 0 Å². The highest BCUT2D eigenvalue weighted by Crippen LogP contribution is 2.22. The molecule has 116 valence electrons. The number of pyridine rings is 1. The van der Waals surface area contributed by atoms with Crippen LogP contribution in [0.15, 0.2) is 66.9 Å². The average Bonchev–Trinajstić information content (AvgIpc) is 2.60. The zero-order chi connectivity index (χ0) is 16.1. The van der Waals surface area contributed by atoms with E-state index in [1.165, 1.54) is 0 Å². The summed E-state index contributed by atoms with van der Waals surface area (Å²) in [6.45, 7) is 1.92. The molecule has 0 fully saturated rings. The summed E-state index contributed by atoms with van der Waals surface area (Å²) in [4.78, 5) is 16.4. The normalized spacial score (nSPS) is 11.9. The van der Waals surface area contributed by atoms with Crippen LogP contribution in [0, 0.1) is 0 Å². The lowest BCUT2D eigenvalue weighted by atomic mass is 10.1. The van der Waals surface area contributed by atoms with Gasteiger partial charge in [-0.15, -0.1) is 0 Å². The van der Waals surface area contributed by atoms with Gasteiger partial charge >= 0.3 is 0 Å². The Balaban J connectivity index is 1.62. The van der Waals surface area contributed by atoms with Crippen molar-refractivity contribution in [2.24, 2.45) is 0 Å². The van der Waals surface area contributed by atoms with Crippen molar-refractivity contribution in [2.45, 2.75) is 13.0 Å². The number of benzene rings is 2. The molecule has 1 heterocycles. The molecule has 0 saturated heterocycles. The third-order valence-corrected chi connectivity index (χ3v) is 3.63. The molecule has 3 rings (SSSR count). The maximum atomic E-state index is 12.1. The van der Waals surface area contributed by atoms with Crippen molar-refractivity contribution in [3.63, 3.8) is 0 Å². The Bertz CT molecular complexity index is 797. The van der Waals surface area contributed by atoms with Crippen molar-refractivity contribution in [1.82, 2.24) is 10.3 Å². The van der Waals surface area contributed by atoms with Crippen molar-refractivity contribution in [3.05, 3.63) is 72.4 Å². The third kappa shape index (κ3) is 3.66. The van der Waals surface area contributed by atoms with Gasteiger partial charge in [-0.3, -0.25) is 9.78 Å². The zero-order valence-corrected chi connectivity index (χ0v) is 12.9. The van der Waals surface area contributed by atoms with Crippen LogP contribution in [-0.2, 0) is 4.79 Å². The third-order valence-electron chi connectivity index (χ3n) is 3.63. The van der Waals surface area contributed by atoms with E-state index in [1.54, 1.807) is 6.20 Å². The summed E-state index contributed by atoms with van der Waals surface area (Å²) in [5, 5.41) is 3.92. The Morgan fingerprint density at radius 3 is 2.70 bits per heavy atom. The van der Waals surface area contributed by atoms with Gasteiger partial charge in [0.05, 0.1) is 6.04 Å². The van der Waals surface area contributed by atoms with Crippen molar-refractivity contribution >= 4 is 16.8 Å². The van der Waals surface area contributed by atoms with Crippen LogP contribution in [0.1, 0.15) is 18.5 Å². The monoisotopic (exact) mass is 306 g/mol. The van der Waals surface area contributed by atoms with Gasteiger partial charge in [-0.05, 0) is 24.6 Å². The highest BCUT2D eigenvalue weighted by molar-refractivity contribution is 5.85. The van der Waals surface area contributed by atoms with Crippen LogP contribution < -0.4 is 10.1 Å². The first-order valence-electron chi connectivity index (χ1n) is 7.55. The van der Waals surface area contributed by atoms with E-state index in [4.69, 9.17) is 4.74 Å². The molecule has 0 radical (unpaired) electrons. The van der Waals surface area contributed by atoms with Gasteiger partial charge in [0.2, 0.25) is 0 Å². The molecule has 1 aromatic heterocycles.